The Morgan fingerprint density at radius 2 is 1.80 bits per heavy atom. The molecular weight excluding hydrogens is 317 g/mol. The quantitative estimate of drug-likeness (QED) is 0.727. The summed E-state index contributed by atoms with van der Waals surface area (Å²) < 4.78 is 12.9. The van der Waals surface area contributed by atoms with Gasteiger partial charge in [-0.25, -0.2) is 4.39 Å². The van der Waals surface area contributed by atoms with Gasteiger partial charge in [-0.1, -0.05) is 24.3 Å². The molecule has 0 radical (unpaired) electrons. The van der Waals surface area contributed by atoms with Crippen molar-refractivity contribution < 1.29 is 9.18 Å². The zero-order chi connectivity index (χ0) is 17.6. The summed E-state index contributed by atoms with van der Waals surface area (Å²) in [6.07, 6.45) is 1.58. The lowest BCUT2D eigenvalue weighted by molar-refractivity contribution is 0.102. The van der Waals surface area contributed by atoms with Gasteiger partial charge >= 0.3 is 0 Å². The molecular formula is C20H18FN3O. The van der Waals surface area contributed by atoms with Crippen LogP contribution in [0.5, 0.6) is 0 Å². The van der Waals surface area contributed by atoms with E-state index in [1.54, 1.807) is 12.3 Å². The fourth-order valence-electron chi connectivity index (χ4n) is 2.40. The molecule has 1 amide bonds. The number of aryl methyl sites for hydroxylation is 1. The number of nitrogens with one attached hydrogen (secondary N) is 2. The van der Waals surface area contributed by atoms with E-state index < -0.39 is 0 Å². The van der Waals surface area contributed by atoms with E-state index in [4.69, 9.17) is 0 Å². The Balaban J connectivity index is 1.67. The van der Waals surface area contributed by atoms with Gasteiger partial charge in [0, 0.05) is 24.1 Å². The van der Waals surface area contributed by atoms with Crippen molar-refractivity contribution in [1.29, 1.82) is 0 Å². The molecule has 0 aliphatic carbocycles. The van der Waals surface area contributed by atoms with Crippen LogP contribution in [-0.4, -0.2) is 10.9 Å². The molecule has 2 aromatic carbocycles. The highest BCUT2D eigenvalue weighted by Crippen LogP contribution is 2.14. The predicted octanol–water partition coefficient (Wildman–Crippen LogP) is 4.39. The molecule has 25 heavy (non-hydrogen) atoms. The molecule has 5 heteroatoms. The van der Waals surface area contributed by atoms with Crippen LogP contribution in [0.15, 0.2) is 66.9 Å². The number of pyridine rings is 1. The van der Waals surface area contributed by atoms with Crippen LogP contribution in [-0.2, 0) is 6.54 Å². The lowest BCUT2D eigenvalue weighted by atomic mass is 10.1. The molecule has 0 aliphatic rings. The average Bonchev–Trinajstić information content (AvgIpc) is 2.63. The van der Waals surface area contributed by atoms with Crippen LogP contribution in [0.25, 0.3) is 0 Å². The maximum absolute atomic E-state index is 12.9. The standard InChI is InChI=1S/C20H18FN3O/c1-14-4-2-3-5-15(14)13-23-18-10-11-22-19(12-18)20(25)24-17-8-6-16(21)7-9-17/h2-12H,13H2,1H3,(H,22,23)(H,24,25). The van der Waals surface area contributed by atoms with Gasteiger partial charge in [0.1, 0.15) is 11.5 Å². The lowest BCUT2D eigenvalue weighted by Gasteiger charge is -2.10. The molecule has 1 heterocycles. The first-order valence-electron chi connectivity index (χ1n) is 7.93. The van der Waals surface area contributed by atoms with Crippen LogP contribution in [0.3, 0.4) is 0 Å². The first-order valence-corrected chi connectivity index (χ1v) is 7.93. The molecule has 4 nitrogen and oxygen atoms in total. The first kappa shape index (κ1) is 16.6. The molecule has 0 saturated heterocycles. The van der Waals surface area contributed by atoms with E-state index in [-0.39, 0.29) is 11.7 Å². The summed E-state index contributed by atoms with van der Waals surface area (Å²) in [5.74, 6) is -0.690. The van der Waals surface area contributed by atoms with Gasteiger partial charge in [0.25, 0.3) is 5.91 Å². The minimum Gasteiger partial charge on any atom is -0.381 e. The van der Waals surface area contributed by atoms with E-state index in [1.807, 2.05) is 18.2 Å². The van der Waals surface area contributed by atoms with Gasteiger partial charge < -0.3 is 10.6 Å². The van der Waals surface area contributed by atoms with Gasteiger partial charge in [-0.05, 0) is 54.4 Å². The smallest absolute Gasteiger partial charge is 0.274 e. The zero-order valence-corrected chi connectivity index (χ0v) is 13.8. The zero-order valence-electron chi connectivity index (χ0n) is 13.8. The molecule has 1 aromatic heterocycles. The molecule has 2 N–H and O–H groups in total. The number of anilines is 2. The first-order chi connectivity index (χ1) is 12.1. The number of carbonyl (C=O) groups is 1. The number of nitrogens with zero attached hydrogens (tertiary/aromatic N) is 1. The largest absolute Gasteiger partial charge is 0.381 e. The minimum absolute atomic E-state index is 0.291. The summed E-state index contributed by atoms with van der Waals surface area (Å²) in [6.45, 7) is 2.72. The fourth-order valence-corrected chi connectivity index (χ4v) is 2.40. The monoisotopic (exact) mass is 335 g/mol. The molecule has 0 bridgehead atoms. The summed E-state index contributed by atoms with van der Waals surface area (Å²) in [7, 11) is 0. The molecule has 0 atom stereocenters. The highest BCUT2D eigenvalue weighted by atomic mass is 19.1. The van der Waals surface area contributed by atoms with Crippen molar-refractivity contribution >= 4 is 17.3 Å². The highest BCUT2D eigenvalue weighted by molar-refractivity contribution is 6.03. The van der Waals surface area contributed by atoms with Gasteiger partial charge in [0.05, 0.1) is 0 Å². The van der Waals surface area contributed by atoms with Crippen LogP contribution < -0.4 is 10.6 Å². The normalized spacial score (nSPS) is 10.3. The Morgan fingerprint density at radius 3 is 2.56 bits per heavy atom. The highest BCUT2D eigenvalue weighted by Gasteiger charge is 2.09. The Morgan fingerprint density at radius 1 is 1.04 bits per heavy atom. The van der Waals surface area contributed by atoms with E-state index in [2.05, 4.69) is 34.7 Å². The second-order valence-corrected chi connectivity index (χ2v) is 5.67. The molecule has 126 valence electrons. The molecule has 0 aliphatic heterocycles. The summed E-state index contributed by atoms with van der Waals surface area (Å²) in [5, 5.41) is 6.00. The van der Waals surface area contributed by atoms with Crippen molar-refractivity contribution in [2.75, 3.05) is 10.6 Å². The van der Waals surface area contributed by atoms with Gasteiger partial charge in [-0.15, -0.1) is 0 Å². The molecule has 0 unspecified atom stereocenters. The van der Waals surface area contributed by atoms with E-state index in [0.717, 1.165) is 5.69 Å². The Bertz CT molecular complexity index is 878. The lowest BCUT2D eigenvalue weighted by Crippen LogP contribution is -2.14. The van der Waals surface area contributed by atoms with Crippen LogP contribution >= 0.6 is 0 Å². The van der Waals surface area contributed by atoms with Crippen LogP contribution in [0.2, 0.25) is 0 Å². The molecule has 0 fully saturated rings. The molecule has 3 rings (SSSR count). The molecule has 0 saturated carbocycles. The van der Waals surface area contributed by atoms with Gasteiger partial charge in [0.2, 0.25) is 0 Å². The van der Waals surface area contributed by atoms with Crippen molar-refractivity contribution in [3.8, 4) is 0 Å². The number of carbonyl (C=O) groups excluding carboxylic acids is 1. The maximum atomic E-state index is 12.9. The number of halogens is 1. The third-order valence-electron chi connectivity index (χ3n) is 3.84. The van der Waals surface area contributed by atoms with Crippen molar-refractivity contribution in [2.45, 2.75) is 13.5 Å². The molecule has 0 spiro atoms. The SMILES string of the molecule is Cc1ccccc1CNc1ccnc(C(=O)Nc2ccc(F)cc2)c1. The summed E-state index contributed by atoms with van der Waals surface area (Å²) in [6, 6.07) is 17.2. The summed E-state index contributed by atoms with van der Waals surface area (Å²) in [4.78, 5) is 16.4. The van der Waals surface area contributed by atoms with Gasteiger partial charge in [-0.3, -0.25) is 9.78 Å². The Hall–Kier alpha value is -3.21. The number of hydrogen-bond donors (Lipinski definition) is 2. The van der Waals surface area contributed by atoms with Crippen molar-refractivity contribution in [1.82, 2.24) is 4.98 Å². The second-order valence-electron chi connectivity index (χ2n) is 5.67. The summed E-state index contributed by atoms with van der Waals surface area (Å²) in [5.41, 5.74) is 4.02. The van der Waals surface area contributed by atoms with Gasteiger partial charge in [-0.2, -0.15) is 0 Å². The number of rotatable bonds is 5. The Kier molecular flexibility index (Phi) is 5.04. The van der Waals surface area contributed by atoms with Crippen LogP contribution in [0.4, 0.5) is 15.8 Å². The van der Waals surface area contributed by atoms with Crippen molar-refractivity contribution in [2.24, 2.45) is 0 Å². The summed E-state index contributed by atoms with van der Waals surface area (Å²) >= 11 is 0. The minimum atomic E-state index is -0.349. The van der Waals surface area contributed by atoms with E-state index in [9.17, 15) is 9.18 Å². The number of benzene rings is 2. The van der Waals surface area contributed by atoms with Crippen molar-refractivity contribution in [3.05, 3.63) is 89.5 Å². The third-order valence-corrected chi connectivity index (χ3v) is 3.84. The Labute approximate surface area is 145 Å². The van der Waals surface area contributed by atoms with E-state index in [0.29, 0.717) is 17.9 Å². The van der Waals surface area contributed by atoms with E-state index in [1.165, 1.54) is 35.4 Å². The molecule has 3 aromatic rings. The van der Waals surface area contributed by atoms with Crippen LogP contribution in [0, 0.1) is 12.7 Å². The third kappa shape index (κ3) is 4.41. The number of aromatic nitrogens is 1. The maximum Gasteiger partial charge on any atom is 0.274 e. The fraction of sp³-hybridized carbons (Fsp3) is 0.100. The topological polar surface area (TPSA) is 54.0 Å². The number of hydrogen-bond acceptors (Lipinski definition) is 3. The van der Waals surface area contributed by atoms with E-state index >= 15 is 0 Å². The van der Waals surface area contributed by atoms with Crippen LogP contribution in [0.1, 0.15) is 21.6 Å². The average molecular weight is 335 g/mol. The number of amides is 1. The predicted molar refractivity (Wildman–Crippen MR) is 97.1 cm³/mol. The van der Waals surface area contributed by atoms with Gasteiger partial charge in [0.15, 0.2) is 0 Å². The second kappa shape index (κ2) is 7.57. The van der Waals surface area contributed by atoms with Crippen molar-refractivity contribution in [3.63, 3.8) is 0 Å².